The quantitative estimate of drug-likeness (QED) is 0.241. The van der Waals surface area contributed by atoms with Crippen molar-refractivity contribution < 1.29 is 14.4 Å². The summed E-state index contributed by atoms with van der Waals surface area (Å²) in [5.74, 6) is 0.647. The molecule has 262 valence electrons. The zero-order valence-electron chi connectivity index (χ0n) is 29.0. The number of aromatic nitrogens is 6. The van der Waals surface area contributed by atoms with E-state index in [1.807, 2.05) is 47.3 Å². The lowest BCUT2D eigenvalue weighted by atomic mass is 10.0. The Morgan fingerprint density at radius 3 is 2.41 bits per heavy atom. The Morgan fingerprint density at radius 1 is 0.918 bits per heavy atom. The normalized spacial score (nSPS) is 20.0. The molecule has 0 radical (unpaired) electrons. The molecule has 0 saturated carbocycles. The molecule has 14 heteroatoms. The summed E-state index contributed by atoms with van der Waals surface area (Å²) in [5, 5.41) is 20.9. The first-order valence-electron chi connectivity index (χ1n) is 17.0. The molecule has 0 fully saturated rings. The fourth-order valence-electron chi connectivity index (χ4n) is 6.04. The van der Waals surface area contributed by atoms with Crippen LogP contribution in [0.5, 0.6) is 0 Å². The first-order chi connectivity index (χ1) is 23.5. The average Bonchev–Trinajstić information content (AvgIpc) is 3.82. The number of aryl methyl sites for hydroxylation is 2. The molecule has 2 bridgehead atoms. The highest BCUT2D eigenvalue weighted by molar-refractivity contribution is 7.09. The topological polar surface area (TPSA) is 152 Å². The van der Waals surface area contributed by atoms with Gasteiger partial charge in [-0.25, -0.2) is 14.6 Å². The molecule has 1 aliphatic rings. The Balaban J connectivity index is 1.49. The van der Waals surface area contributed by atoms with Crippen LogP contribution in [0.4, 0.5) is 0 Å². The predicted molar refractivity (Wildman–Crippen MR) is 188 cm³/mol. The summed E-state index contributed by atoms with van der Waals surface area (Å²) >= 11 is 1.37. The van der Waals surface area contributed by atoms with Gasteiger partial charge in [-0.15, -0.1) is 11.3 Å². The van der Waals surface area contributed by atoms with Crippen LogP contribution < -0.4 is 16.0 Å². The van der Waals surface area contributed by atoms with Gasteiger partial charge in [0, 0.05) is 43.4 Å². The Labute approximate surface area is 291 Å². The van der Waals surface area contributed by atoms with Gasteiger partial charge < -0.3 is 16.0 Å². The minimum absolute atomic E-state index is 0.0714. The summed E-state index contributed by atoms with van der Waals surface area (Å²) in [4.78, 5) is 52.6. The zero-order valence-corrected chi connectivity index (χ0v) is 29.8. The second-order valence-corrected chi connectivity index (χ2v) is 14.4. The molecular weight excluding hydrogens is 641 g/mol. The van der Waals surface area contributed by atoms with Gasteiger partial charge in [0.05, 0.1) is 18.6 Å². The molecule has 3 aromatic heterocycles. The molecule has 0 aliphatic carbocycles. The molecule has 3 atom stereocenters. The average molecular weight is 689 g/mol. The number of nitrogens with zero attached hydrogens (tertiary/aromatic N) is 7. The molecule has 1 aliphatic heterocycles. The molecule has 0 spiro atoms. The number of carbonyl (C=O) groups excluding carboxylic acids is 3. The Hall–Kier alpha value is -4.43. The van der Waals surface area contributed by atoms with Gasteiger partial charge in [0.15, 0.2) is 5.82 Å². The highest BCUT2D eigenvalue weighted by atomic mass is 32.1. The van der Waals surface area contributed by atoms with Crippen LogP contribution in [0.3, 0.4) is 0 Å². The van der Waals surface area contributed by atoms with Crippen molar-refractivity contribution in [3.63, 3.8) is 0 Å². The van der Waals surface area contributed by atoms with Gasteiger partial charge in [0.25, 0.3) is 5.91 Å². The molecule has 13 nitrogen and oxygen atoms in total. The number of rotatable bonds is 9. The zero-order chi connectivity index (χ0) is 34.9. The van der Waals surface area contributed by atoms with Crippen LogP contribution >= 0.6 is 11.3 Å². The van der Waals surface area contributed by atoms with E-state index in [0.717, 1.165) is 12.0 Å². The summed E-state index contributed by atoms with van der Waals surface area (Å²) in [5.41, 5.74) is 1.26. The lowest BCUT2D eigenvalue weighted by Gasteiger charge is -2.31. The van der Waals surface area contributed by atoms with Gasteiger partial charge >= 0.3 is 0 Å². The number of carbonyl (C=O) groups is 3. The van der Waals surface area contributed by atoms with Crippen LogP contribution in [0.15, 0.2) is 54.2 Å². The van der Waals surface area contributed by atoms with E-state index in [2.05, 4.69) is 58.7 Å². The van der Waals surface area contributed by atoms with Crippen molar-refractivity contribution in [2.24, 2.45) is 11.8 Å². The van der Waals surface area contributed by atoms with E-state index in [0.29, 0.717) is 49.1 Å². The monoisotopic (exact) mass is 688 g/mol. The fourth-order valence-corrected chi connectivity index (χ4v) is 6.90. The van der Waals surface area contributed by atoms with E-state index in [1.165, 1.54) is 11.3 Å². The van der Waals surface area contributed by atoms with Crippen molar-refractivity contribution in [2.75, 3.05) is 19.6 Å². The molecule has 4 aromatic rings. The van der Waals surface area contributed by atoms with Gasteiger partial charge in [-0.1, -0.05) is 58.0 Å². The minimum atomic E-state index is -0.578. The highest BCUT2D eigenvalue weighted by Gasteiger charge is 2.29. The molecule has 49 heavy (non-hydrogen) atoms. The Bertz CT molecular complexity index is 1670. The third-order valence-electron chi connectivity index (χ3n) is 8.49. The van der Waals surface area contributed by atoms with Crippen molar-refractivity contribution in [3.8, 4) is 0 Å². The number of hydrogen-bond donors (Lipinski definition) is 3. The number of amides is 3. The predicted octanol–water partition coefficient (Wildman–Crippen LogP) is 3.70. The number of hydrogen-bond acceptors (Lipinski definition) is 9. The summed E-state index contributed by atoms with van der Waals surface area (Å²) in [6.45, 7) is 12.0. The van der Waals surface area contributed by atoms with Crippen LogP contribution in [-0.4, -0.2) is 77.8 Å². The maximum absolute atomic E-state index is 13.7. The number of fused-ring (bicyclic) bond motifs is 3. The molecule has 4 heterocycles. The molecule has 5 rings (SSSR count). The van der Waals surface area contributed by atoms with E-state index in [1.54, 1.807) is 23.2 Å². The van der Waals surface area contributed by atoms with Crippen molar-refractivity contribution in [1.82, 2.24) is 50.4 Å². The summed E-state index contributed by atoms with van der Waals surface area (Å²) < 4.78 is 3.46. The lowest BCUT2D eigenvalue weighted by Crippen LogP contribution is -2.50. The van der Waals surface area contributed by atoms with Crippen LogP contribution in [0.25, 0.3) is 0 Å². The first kappa shape index (κ1) is 35.9. The fraction of sp³-hybridized carbons (Fsp3) is 0.514. The van der Waals surface area contributed by atoms with E-state index < -0.39 is 6.04 Å². The number of nitrogens with one attached hydrogen (secondary N) is 3. The second kappa shape index (κ2) is 16.8. The maximum Gasteiger partial charge on any atom is 0.271 e. The van der Waals surface area contributed by atoms with Crippen LogP contribution in [0.1, 0.15) is 85.3 Å². The summed E-state index contributed by atoms with van der Waals surface area (Å²) in [7, 11) is 0. The van der Waals surface area contributed by atoms with Crippen molar-refractivity contribution >= 4 is 29.1 Å². The van der Waals surface area contributed by atoms with Gasteiger partial charge in [0.1, 0.15) is 23.1 Å². The summed E-state index contributed by atoms with van der Waals surface area (Å²) in [6, 6.07) is 10.6. The molecule has 1 aromatic carbocycles. The SMILES string of the molecule is Cc1nc2n(n1)CC(=O)N[C@@H](C(C)C)CN(CCCn1cccn1)CC(=O)N[C@@H](CC(C)C)c1nc(cs1)C(=O)N[C@H]2Cc1ccccc1. The largest absolute Gasteiger partial charge is 0.350 e. The van der Waals surface area contributed by atoms with E-state index in [-0.39, 0.29) is 60.4 Å². The van der Waals surface area contributed by atoms with Crippen molar-refractivity contribution in [1.29, 1.82) is 0 Å². The number of benzene rings is 1. The molecule has 0 saturated heterocycles. The van der Waals surface area contributed by atoms with Crippen molar-refractivity contribution in [2.45, 2.75) is 85.1 Å². The van der Waals surface area contributed by atoms with Crippen LogP contribution in [0.2, 0.25) is 0 Å². The van der Waals surface area contributed by atoms with Gasteiger partial charge in [0.2, 0.25) is 11.8 Å². The standard InChI is InChI=1S/C35H48N10O3S/c1-23(2)17-28-35-41-30(22-49-35)34(48)40-27(18-26-11-7-6-8-12-26)33-37-25(5)42-45(33)21-32(47)39-29(24(3)4)19-43(20-31(46)38-28)14-10-16-44-15-9-13-36-44/h6-9,11-13,15,22-24,27-29H,10,14,16-21H2,1-5H3,(H,38,46)(H,39,47)(H,40,48)/t27-,28-,29+/m0/s1. The molecule has 0 unspecified atom stereocenters. The van der Waals surface area contributed by atoms with Crippen molar-refractivity contribution in [3.05, 3.63) is 82.1 Å². The minimum Gasteiger partial charge on any atom is -0.350 e. The smallest absolute Gasteiger partial charge is 0.271 e. The summed E-state index contributed by atoms with van der Waals surface area (Å²) in [6.07, 6.45) is 5.56. The lowest BCUT2D eigenvalue weighted by molar-refractivity contribution is -0.123. The van der Waals surface area contributed by atoms with Crippen LogP contribution in [-0.2, 0) is 29.1 Å². The van der Waals surface area contributed by atoms with Gasteiger partial charge in [-0.3, -0.25) is 24.0 Å². The van der Waals surface area contributed by atoms with Gasteiger partial charge in [-0.05, 0) is 49.7 Å². The Kier molecular flexibility index (Phi) is 12.3. The third kappa shape index (κ3) is 10.3. The van der Waals surface area contributed by atoms with Gasteiger partial charge in [-0.2, -0.15) is 10.2 Å². The van der Waals surface area contributed by atoms with E-state index in [9.17, 15) is 14.4 Å². The van der Waals surface area contributed by atoms with Crippen LogP contribution in [0, 0.1) is 18.8 Å². The molecular formula is C35H48N10O3S. The number of thiazole rings is 1. The highest BCUT2D eigenvalue weighted by Crippen LogP contribution is 2.26. The Morgan fingerprint density at radius 2 is 1.69 bits per heavy atom. The molecule has 3 N–H and O–H groups in total. The third-order valence-corrected chi connectivity index (χ3v) is 9.45. The second-order valence-electron chi connectivity index (χ2n) is 13.5. The maximum atomic E-state index is 13.7. The first-order valence-corrected chi connectivity index (χ1v) is 17.9. The van der Waals surface area contributed by atoms with E-state index in [4.69, 9.17) is 9.97 Å². The molecule has 3 amide bonds. The van der Waals surface area contributed by atoms with E-state index >= 15 is 0 Å².